The lowest BCUT2D eigenvalue weighted by atomic mass is 9.96. The second-order valence-electron chi connectivity index (χ2n) is 4.34. The Morgan fingerprint density at radius 2 is 1.33 bits per heavy atom. The third-order valence-electron chi connectivity index (χ3n) is 2.90. The highest BCUT2D eigenvalue weighted by atomic mass is 19.4. The van der Waals surface area contributed by atoms with E-state index in [-0.39, 0.29) is 16.8 Å². The first-order valence-corrected chi connectivity index (χ1v) is 5.74. The SMILES string of the molecule is Nc1cc(C(F)(F)F)ccc1-c1ccccc1C(F)(F)F. The van der Waals surface area contributed by atoms with Gasteiger partial charge in [0.25, 0.3) is 0 Å². The van der Waals surface area contributed by atoms with E-state index in [9.17, 15) is 26.3 Å². The Morgan fingerprint density at radius 1 is 0.714 bits per heavy atom. The summed E-state index contributed by atoms with van der Waals surface area (Å²) in [5, 5.41) is 0. The number of nitrogen functional groups attached to an aromatic ring is 1. The molecule has 0 saturated carbocycles. The first-order chi connectivity index (χ1) is 9.60. The van der Waals surface area contributed by atoms with Gasteiger partial charge in [0.05, 0.1) is 11.1 Å². The molecule has 0 spiro atoms. The second kappa shape index (κ2) is 4.98. The molecule has 2 aromatic rings. The van der Waals surface area contributed by atoms with Crippen LogP contribution in [-0.2, 0) is 12.4 Å². The summed E-state index contributed by atoms with van der Waals surface area (Å²) in [6.45, 7) is 0. The van der Waals surface area contributed by atoms with Gasteiger partial charge in [0, 0.05) is 11.3 Å². The normalized spacial score (nSPS) is 12.5. The minimum absolute atomic E-state index is 0.0871. The lowest BCUT2D eigenvalue weighted by molar-refractivity contribution is -0.138. The first-order valence-electron chi connectivity index (χ1n) is 5.74. The maximum Gasteiger partial charge on any atom is 0.417 e. The van der Waals surface area contributed by atoms with Crippen LogP contribution >= 0.6 is 0 Å². The zero-order valence-electron chi connectivity index (χ0n) is 10.4. The maximum absolute atomic E-state index is 12.9. The van der Waals surface area contributed by atoms with Gasteiger partial charge in [0.2, 0.25) is 0 Å². The Bertz CT molecular complexity index is 657. The molecule has 21 heavy (non-hydrogen) atoms. The van der Waals surface area contributed by atoms with Crippen LogP contribution in [0.1, 0.15) is 11.1 Å². The van der Waals surface area contributed by atoms with E-state index in [4.69, 9.17) is 5.73 Å². The molecule has 0 amide bonds. The zero-order chi connectivity index (χ0) is 15.8. The van der Waals surface area contributed by atoms with Crippen LogP contribution in [0.2, 0.25) is 0 Å². The summed E-state index contributed by atoms with van der Waals surface area (Å²) in [5.74, 6) is 0. The summed E-state index contributed by atoms with van der Waals surface area (Å²) in [4.78, 5) is 0. The highest BCUT2D eigenvalue weighted by Crippen LogP contribution is 2.40. The molecule has 2 aromatic carbocycles. The van der Waals surface area contributed by atoms with Crippen molar-refractivity contribution in [3.63, 3.8) is 0 Å². The highest BCUT2D eigenvalue weighted by molar-refractivity contribution is 5.79. The lowest BCUT2D eigenvalue weighted by Crippen LogP contribution is -2.09. The van der Waals surface area contributed by atoms with Gasteiger partial charge in [0.15, 0.2) is 0 Å². The van der Waals surface area contributed by atoms with Gasteiger partial charge in [0.1, 0.15) is 0 Å². The van der Waals surface area contributed by atoms with E-state index in [1.54, 1.807) is 0 Å². The Balaban J connectivity index is 2.59. The third-order valence-corrected chi connectivity index (χ3v) is 2.90. The van der Waals surface area contributed by atoms with Crippen molar-refractivity contribution in [2.75, 3.05) is 5.73 Å². The minimum atomic E-state index is -4.62. The largest absolute Gasteiger partial charge is 0.417 e. The molecule has 0 aromatic heterocycles. The van der Waals surface area contributed by atoms with Gasteiger partial charge in [-0.3, -0.25) is 0 Å². The van der Waals surface area contributed by atoms with Crippen LogP contribution in [0.3, 0.4) is 0 Å². The quantitative estimate of drug-likeness (QED) is 0.584. The van der Waals surface area contributed by atoms with Crippen LogP contribution in [0.25, 0.3) is 11.1 Å². The van der Waals surface area contributed by atoms with Crippen LogP contribution in [0.5, 0.6) is 0 Å². The van der Waals surface area contributed by atoms with E-state index in [0.29, 0.717) is 12.1 Å². The topological polar surface area (TPSA) is 26.0 Å². The summed E-state index contributed by atoms with van der Waals surface area (Å²) in [6, 6.07) is 6.87. The fourth-order valence-electron chi connectivity index (χ4n) is 1.95. The van der Waals surface area contributed by atoms with Crippen LogP contribution < -0.4 is 5.73 Å². The number of anilines is 1. The molecule has 0 aliphatic heterocycles. The summed E-state index contributed by atoms with van der Waals surface area (Å²) in [7, 11) is 0. The van der Waals surface area contributed by atoms with Crippen LogP contribution in [0.15, 0.2) is 42.5 Å². The van der Waals surface area contributed by atoms with Crippen molar-refractivity contribution in [3.8, 4) is 11.1 Å². The molecule has 7 heteroatoms. The highest BCUT2D eigenvalue weighted by Gasteiger charge is 2.34. The van der Waals surface area contributed by atoms with Gasteiger partial charge in [-0.1, -0.05) is 24.3 Å². The summed E-state index contributed by atoms with van der Waals surface area (Å²) in [6.07, 6.45) is -9.22. The van der Waals surface area contributed by atoms with E-state index in [2.05, 4.69) is 0 Å². The molecule has 2 N–H and O–H groups in total. The van der Waals surface area contributed by atoms with E-state index >= 15 is 0 Å². The number of nitrogens with two attached hydrogens (primary N) is 1. The van der Waals surface area contributed by atoms with Gasteiger partial charge < -0.3 is 5.73 Å². The first kappa shape index (κ1) is 15.2. The third kappa shape index (κ3) is 3.12. The van der Waals surface area contributed by atoms with E-state index in [1.165, 1.54) is 18.2 Å². The van der Waals surface area contributed by atoms with Gasteiger partial charge in [-0.05, 0) is 23.8 Å². The Hall–Kier alpha value is -2.18. The van der Waals surface area contributed by atoms with Crippen LogP contribution in [0.4, 0.5) is 32.0 Å². The molecule has 0 heterocycles. The molecule has 0 fully saturated rings. The number of benzene rings is 2. The smallest absolute Gasteiger partial charge is 0.398 e. The average molecular weight is 305 g/mol. The molecule has 2 rings (SSSR count). The molecule has 0 bridgehead atoms. The van der Waals surface area contributed by atoms with Crippen molar-refractivity contribution in [3.05, 3.63) is 53.6 Å². The molecule has 0 atom stereocenters. The summed E-state index contributed by atoms with van der Waals surface area (Å²) < 4.78 is 76.3. The molecule has 0 radical (unpaired) electrons. The second-order valence-corrected chi connectivity index (χ2v) is 4.34. The zero-order valence-corrected chi connectivity index (χ0v) is 10.4. The molecule has 1 nitrogen and oxygen atoms in total. The Morgan fingerprint density at radius 3 is 1.86 bits per heavy atom. The van der Waals surface area contributed by atoms with Crippen molar-refractivity contribution >= 4 is 5.69 Å². The fourth-order valence-corrected chi connectivity index (χ4v) is 1.95. The number of alkyl halides is 6. The molecule has 112 valence electrons. The summed E-state index contributed by atoms with van der Waals surface area (Å²) in [5.41, 5.74) is 2.84. The molecule has 0 aliphatic carbocycles. The van der Waals surface area contributed by atoms with E-state index in [1.807, 2.05) is 0 Å². The standard InChI is InChI=1S/C14H9F6N/c15-13(16,17)8-5-6-10(12(21)7-8)9-3-1-2-4-11(9)14(18,19)20/h1-7H,21H2. The monoisotopic (exact) mass is 305 g/mol. The van der Waals surface area contributed by atoms with Gasteiger partial charge in [-0.25, -0.2) is 0 Å². The van der Waals surface area contributed by atoms with E-state index < -0.39 is 23.5 Å². The minimum Gasteiger partial charge on any atom is -0.398 e. The number of rotatable bonds is 1. The summed E-state index contributed by atoms with van der Waals surface area (Å²) >= 11 is 0. The lowest BCUT2D eigenvalue weighted by Gasteiger charge is -2.15. The number of hydrogen-bond donors (Lipinski definition) is 1. The predicted molar refractivity (Wildman–Crippen MR) is 66.3 cm³/mol. The van der Waals surface area contributed by atoms with Gasteiger partial charge in [-0.15, -0.1) is 0 Å². The van der Waals surface area contributed by atoms with Crippen molar-refractivity contribution in [1.29, 1.82) is 0 Å². The average Bonchev–Trinajstić information content (AvgIpc) is 2.36. The number of halogens is 6. The molecule has 0 aliphatic rings. The Kier molecular flexibility index (Phi) is 3.61. The fraction of sp³-hybridized carbons (Fsp3) is 0.143. The van der Waals surface area contributed by atoms with Crippen LogP contribution in [0, 0.1) is 0 Å². The number of hydrogen-bond acceptors (Lipinski definition) is 1. The van der Waals surface area contributed by atoms with E-state index in [0.717, 1.165) is 12.1 Å². The molecular weight excluding hydrogens is 296 g/mol. The Labute approximate surface area is 116 Å². The van der Waals surface area contributed by atoms with Crippen molar-refractivity contribution in [2.24, 2.45) is 0 Å². The van der Waals surface area contributed by atoms with Gasteiger partial charge in [-0.2, -0.15) is 26.3 Å². The van der Waals surface area contributed by atoms with Crippen molar-refractivity contribution in [1.82, 2.24) is 0 Å². The van der Waals surface area contributed by atoms with Crippen molar-refractivity contribution < 1.29 is 26.3 Å². The molecule has 0 saturated heterocycles. The maximum atomic E-state index is 12.9. The molecule has 0 unspecified atom stereocenters. The van der Waals surface area contributed by atoms with Gasteiger partial charge >= 0.3 is 12.4 Å². The predicted octanol–water partition coefficient (Wildman–Crippen LogP) is 4.97. The van der Waals surface area contributed by atoms with Crippen LogP contribution in [-0.4, -0.2) is 0 Å². The van der Waals surface area contributed by atoms with Crippen molar-refractivity contribution in [2.45, 2.75) is 12.4 Å². The molecular formula is C14H9F6N.